The normalized spacial score (nSPS) is 20.1. The Balaban J connectivity index is 1.86. The van der Waals surface area contributed by atoms with Gasteiger partial charge in [0.15, 0.2) is 4.34 Å². The van der Waals surface area contributed by atoms with E-state index >= 15 is 0 Å². The first kappa shape index (κ1) is 13.6. The Morgan fingerprint density at radius 3 is 3.06 bits per heavy atom. The highest BCUT2D eigenvalue weighted by Crippen LogP contribution is 2.25. The topological polar surface area (TPSA) is 72.1 Å². The molecule has 1 aliphatic rings. The Bertz CT molecular complexity index is 410. The summed E-state index contributed by atoms with van der Waals surface area (Å²) in [4.78, 5) is 14.2. The molecule has 5 nitrogen and oxygen atoms in total. The summed E-state index contributed by atoms with van der Waals surface area (Å²) in [6.07, 6.45) is 4.54. The van der Waals surface area contributed by atoms with Gasteiger partial charge in [0.2, 0.25) is 11.0 Å². The quantitative estimate of drug-likeness (QED) is 0.857. The van der Waals surface area contributed by atoms with Crippen LogP contribution in [0.4, 0.5) is 5.13 Å². The van der Waals surface area contributed by atoms with Crippen molar-refractivity contribution in [3.05, 3.63) is 0 Å². The van der Waals surface area contributed by atoms with E-state index in [1.807, 2.05) is 4.90 Å². The van der Waals surface area contributed by atoms with Crippen molar-refractivity contribution < 1.29 is 4.79 Å². The third-order valence-electron chi connectivity index (χ3n) is 3.16. The molecule has 1 atom stereocenters. The first-order valence-corrected chi connectivity index (χ1v) is 8.02. The molecule has 0 aromatic carbocycles. The SMILES string of the molecule is CC[C@@H]1CCCCN1C(=O)CSc1nnc(N)s1. The highest BCUT2D eigenvalue weighted by Gasteiger charge is 2.25. The molecular formula is C11H18N4OS2. The van der Waals surface area contributed by atoms with E-state index < -0.39 is 0 Å². The predicted octanol–water partition coefficient (Wildman–Crippen LogP) is 2.00. The van der Waals surface area contributed by atoms with Gasteiger partial charge in [0.1, 0.15) is 0 Å². The molecule has 0 bridgehead atoms. The van der Waals surface area contributed by atoms with E-state index in [0.717, 1.165) is 30.1 Å². The maximum atomic E-state index is 12.2. The zero-order valence-corrected chi connectivity index (χ0v) is 12.1. The van der Waals surface area contributed by atoms with Gasteiger partial charge in [-0.3, -0.25) is 4.79 Å². The fraction of sp³-hybridized carbons (Fsp3) is 0.727. The number of amides is 1. The second-order valence-corrected chi connectivity index (χ2v) is 6.57. The zero-order valence-electron chi connectivity index (χ0n) is 10.5. The van der Waals surface area contributed by atoms with Gasteiger partial charge in [-0.2, -0.15) is 0 Å². The molecule has 0 spiro atoms. The summed E-state index contributed by atoms with van der Waals surface area (Å²) < 4.78 is 0.769. The number of rotatable bonds is 4. The van der Waals surface area contributed by atoms with Crippen LogP contribution in [0.2, 0.25) is 0 Å². The van der Waals surface area contributed by atoms with Crippen molar-refractivity contribution in [2.24, 2.45) is 0 Å². The molecule has 2 rings (SSSR count). The highest BCUT2D eigenvalue weighted by molar-refractivity contribution is 8.01. The first-order valence-electron chi connectivity index (χ1n) is 6.22. The molecule has 0 unspecified atom stereocenters. The number of nitrogens with two attached hydrogens (primary N) is 1. The second kappa shape index (κ2) is 6.38. The summed E-state index contributed by atoms with van der Waals surface area (Å²) in [6, 6.07) is 0.423. The number of nitrogens with zero attached hydrogens (tertiary/aromatic N) is 3. The third-order valence-corrected chi connectivity index (χ3v) is 5.03. The number of aromatic nitrogens is 2. The van der Waals surface area contributed by atoms with Crippen molar-refractivity contribution in [2.75, 3.05) is 18.0 Å². The Labute approximate surface area is 115 Å². The minimum Gasteiger partial charge on any atom is -0.374 e. The molecule has 1 aromatic heterocycles. The lowest BCUT2D eigenvalue weighted by molar-refractivity contribution is -0.132. The Hall–Kier alpha value is -0.820. The van der Waals surface area contributed by atoms with Crippen LogP contribution in [0.15, 0.2) is 4.34 Å². The van der Waals surface area contributed by atoms with Crippen LogP contribution in [-0.4, -0.2) is 39.3 Å². The van der Waals surface area contributed by atoms with Crippen molar-refractivity contribution >= 4 is 34.1 Å². The number of carbonyl (C=O) groups excluding carboxylic acids is 1. The molecule has 100 valence electrons. The van der Waals surface area contributed by atoms with Gasteiger partial charge >= 0.3 is 0 Å². The van der Waals surface area contributed by atoms with Crippen molar-refractivity contribution in [3.63, 3.8) is 0 Å². The molecule has 1 amide bonds. The number of hydrogen-bond donors (Lipinski definition) is 1. The maximum Gasteiger partial charge on any atom is 0.233 e. The smallest absolute Gasteiger partial charge is 0.233 e. The molecule has 0 aliphatic carbocycles. The van der Waals surface area contributed by atoms with Gasteiger partial charge in [0, 0.05) is 12.6 Å². The molecular weight excluding hydrogens is 268 g/mol. The molecule has 1 aliphatic heterocycles. The second-order valence-electron chi connectivity index (χ2n) is 4.34. The van der Waals surface area contributed by atoms with Crippen LogP contribution in [0, 0.1) is 0 Å². The predicted molar refractivity (Wildman–Crippen MR) is 74.7 cm³/mol. The van der Waals surface area contributed by atoms with Crippen molar-refractivity contribution in [1.82, 2.24) is 15.1 Å². The number of carbonyl (C=O) groups is 1. The van der Waals surface area contributed by atoms with E-state index in [4.69, 9.17) is 5.73 Å². The number of thioether (sulfide) groups is 1. The monoisotopic (exact) mass is 286 g/mol. The first-order chi connectivity index (χ1) is 8.70. The Kier molecular flexibility index (Phi) is 4.82. The summed E-state index contributed by atoms with van der Waals surface area (Å²) in [5.41, 5.74) is 5.51. The largest absolute Gasteiger partial charge is 0.374 e. The zero-order chi connectivity index (χ0) is 13.0. The molecule has 18 heavy (non-hydrogen) atoms. The summed E-state index contributed by atoms with van der Waals surface area (Å²) in [7, 11) is 0. The lowest BCUT2D eigenvalue weighted by Gasteiger charge is -2.35. The van der Waals surface area contributed by atoms with E-state index in [9.17, 15) is 4.79 Å². The van der Waals surface area contributed by atoms with Crippen LogP contribution in [0.3, 0.4) is 0 Å². The van der Waals surface area contributed by atoms with Gasteiger partial charge in [0.05, 0.1) is 5.75 Å². The van der Waals surface area contributed by atoms with Crippen molar-refractivity contribution in [2.45, 2.75) is 43.0 Å². The van der Waals surface area contributed by atoms with Crippen LogP contribution in [-0.2, 0) is 4.79 Å². The van der Waals surface area contributed by atoms with E-state index in [1.54, 1.807) is 0 Å². The van der Waals surface area contributed by atoms with Crippen LogP contribution >= 0.6 is 23.1 Å². The van der Waals surface area contributed by atoms with E-state index in [2.05, 4.69) is 17.1 Å². The van der Waals surface area contributed by atoms with Crippen molar-refractivity contribution in [3.8, 4) is 0 Å². The molecule has 2 N–H and O–H groups in total. The summed E-state index contributed by atoms with van der Waals surface area (Å²) in [5.74, 6) is 0.644. The third kappa shape index (κ3) is 3.35. The average molecular weight is 286 g/mol. The lowest BCUT2D eigenvalue weighted by Crippen LogP contribution is -2.44. The van der Waals surface area contributed by atoms with Gasteiger partial charge < -0.3 is 10.6 Å². The molecule has 2 heterocycles. The molecule has 1 fully saturated rings. The van der Waals surface area contributed by atoms with Gasteiger partial charge in [0.25, 0.3) is 0 Å². The van der Waals surface area contributed by atoms with E-state index in [-0.39, 0.29) is 5.91 Å². The van der Waals surface area contributed by atoms with Gasteiger partial charge in [-0.05, 0) is 25.7 Å². The number of nitrogen functional groups attached to an aromatic ring is 1. The van der Waals surface area contributed by atoms with Crippen LogP contribution in [0.25, 0.3) is 0 Å². The van der Waals surface area contributed by atoms with Gasteiger partial charge in [-0.25, -0.2) is 0 Å². The highest BCUT2D eigenvalue weighted by atomic mass is 32.2. The molecule has 0 saturated carbocycles. The Morgan fingerprint density at radius 1 is 1.56 bits per heavy atom. The Morgan fingerprint density at radius 2 is 2.39 bits per heavy atom. The van der Waals surface area contributed by atoms with Crippen molar-refractivity contribution in [1.29, 1.82) is 0 Å². The minimum absolute atomic E-state index is 0.209. The number of hydrogen-bond acceptors (Lipinski definition) is 6. The summed E-state index contributed by atoms with van der Waals surface area (Å²) >= 11 is 2.76. The van der Waals surface area contributed by atoms with Crippen LogP contribution < -0.4 is 5.73 Å². The fourth-order valence-corrected chi connectivity index (χ4v) is 3.76. The summed E-state index contributed by atoms with van der Waals surface area (Å²) in [5, 5.41) is 8.10. The van der Waals surface area contributed by atoms with Crippen LogP contribution in [0.1, 0.15) is 32.6 Å². The summed E-state index contributed by atoms with van der Waals surface area (Å²) in [6.45, 7) is 3.05. The number of piperidine rings is 1. The fourth-order valence-electron chi connectivity index (χ4n) is 2.24. The number of likely N-dealkylation sites (tertiary alicyclic amines) is 1. The average Bonchev–Trinajstić information content (AvgIpc) is 2.81. The molecule has 1 saturated heterocycles. The van der Waals surface area contributed by atoms with Gasteiger partial charge in [-0.15, -0.1) is 10.2 Å². The van der Waals surface area contributed by atoms with E-state index in [0.29, 0.717) is 16.9 Å². The molecule has 1 aromatic rings. The molecule has 0 radical (unpaired) electrons. The van der Waals surface area contributed by atoms with E-state index in [1.165, 1.54) is 29.5 Å². The number of anilines is 1. The van der Waals surface area contributed by atoms with Gasteiger partial charge in [-0.1, -0.05) is 30.0 Å². The lowest BCUT2D eigenvalue weighted by atomic mass is 10.0. The molecule has 7 heteroatoms. The minimum atomic E-state index is 0.209. The van der Waals surface area contributed by atoms with Crippen LogP contribution in [0.5, 0.6) is 0 Å². The standard InChI is InChI=1S/C11H18N4OS2/c1-2-8-5-3-4-6-15(8)9(16)7-17-11-14-13-10(12)18-11/h8H,2-7H2,1H3,(H2,12,13)/t8-/m1/s1. The maximum absolute atomic E-state index is 12.2.